The fourth-order valence-corrected chi connectivity index (χ4v) is 5.65. The molecule has 0 atom stereocenters. The maximum absolute atomic E-state index is 15.3. The van der Waals surface area contributed by atoms with Crippen molar-refractivity contribution in [3.63, 3.8) is 0 Å². The van der Waals surface area contributed by atoms with E-state index in [1.165, 1.54) is 36.4 Å². The number of methoxy groups -OCH3 is 1. The molecule has 1 aromatic heterocycles. The molecule has 0 unspecified atom stereocenters. The highest BCUT2D eigenvalue weighted by Gasteiger charge is 2.55. The monoisotopic (exact) mass is 630 g/mol. The number of ketones is 1. The number of hydrogen-bond acceptors (Lipinski definition) is 8. The normalized spacial score (nSPS) is 15.7. The Hall–Kier alpha value is -4.61. The highest BCUT2D eigenvalue weighted by atomic mass is 19.1. The zero-order valence-corrected chi connectivity index (χ0v) is 25.6. The molecular formula is C35H36F2N4O5. The van der Waals surface area contributed by atoms with Gasteiger partial charge in [-0.25, -0.2) is 8.78 Å². The third-order valence-corrected chi connectivity index (χ3v) is 8.47. The van der Waals surface area contributed by atoms with Crippen LogP contribution < -0.4 is 24.8 Å². The van der Waals surface area contributed by atoms with Crippen LogP contribution in [0.3, 0.4) is 0 Å². The van der Waals surface area contributed by atoms with Gasteiger partial charge in [-0.3, -0.25) is 14.6 Å². The lowest BCUT2D eigenvalue weighted by Gasteiger charge is -2.27. The third-order valence-electron chi connectivity index (χ3n) is 8.47. The third kappa shape index (κ3) is 7.11. The quantitative estimate of drug-likeness (QED) is 0.147. The molecule has 11 heteroatoms. The highest BCUT2D eigenvalue weighted by Crippen LogP contribution is 2.48. The van der Waals surface area contributed by atoms with E-state index in [9.17, 15) is 14.0 Å². The first-order valence-corrected chi connectivity index (χ1v) is 15.4. The van der Waals surface area contributed by atoms with Gasteiger partial charge in [0.15, 0.2) is 28.8 Å². The maximum Gasteiger partial charge on any atom is 0.238 e. The average molecular weight is 631 g/mol. The van der Waals surface area contributed by atoms with E-state index in [1.54, 1.807) is 37.6 Å². The SMILES string of the molecule is COc1cc2c(Oc3ccc(CC(=O)C4(C(=O)Nc5ccc(F)cc5)CC4)cc3F)ccnc2cc1OCCCN1CCNCC1. The van der Waals surface area contributed by atoms with Crippen LogP contribution in [0.1, 0.15) is 24.8 Å². The molecule has 4 aromatic rings. The van der Waals surface area contributed by atoms with E-state index >= 15 is 4.39 Å². The first-order chi connectivity index (χ1) is 22.3. The molecule has 0 spiro atoms. The average Bonchev–Trinajstić information content (AvgIpc) is 3.88. The summed E-state index contributed by atoms with van der Waals surface area (Å²) in [4.78, 5) is 32.9. The molecule has 1 aliphatic heterocycles. The smallest absolute Gasteiger partial charge is 0.238 e. The number of nitrogens with zero attached hydrogens (tertiary/aromatic N) is 2. The molecule has 2 N–H and O–H groups in total. The van der Waals surface area contributed by atoms with Gasteiger partial charge in [0.1, 0.15) is 17.0 Å². The molecule has 1 amide bonds. The number of amides is 1. The Balaban J connectivity index is 1.10. The number of aromatic nitrogens is 1. The topological polar surface area (TPSA) is 102 Å². The van der Waals surface area contributed by atoms with Gasteiger partial charge in [0, 0.05) is 62.5 Å². The number of nitrogens with one attached hydrogen (secondary N) is 2. The molecule has 0 bridgehead atoms. The van der Waals surface area contributed by atoms with Crippen LogP contribution >= 0.6 is 0 Å². The Morgan fingerprint density at radius 2 is 1.74 bits per heavy atom. The van der Waals surface area contributed by atoms with E-state index in [4.69, 9.17) is 14.2 Å². The van der Waals surface area contributed by atoms with Crippen molar-refractivity contribution in [1.29, 1.82) is 0 Å². The molecule has 2 aliphatic rings. The fourth-order valence-electron chi connectivity index (χ4n) is 5.65. The zero-order valence-electron chi connectivity index (χ0n) is 25.6. The van der Waals surface area contributed by atoms with Crippen LogP contribution in [-0.2, 0) is 16.0 Å². The van der Waals surface area contributed by atoms with Gasteiger partial charge in [-0.05, 0) is 73.4 Å². The number of carbonyl (C=O) groups excluding carboxylic acids is 2. The standard InChI is InChI=1S/C35H36F2N4O5/c1-44-31-21-26-28(22-32(31)45-18-2-15-41-16-13-38-14-17-41)39-12-9-29(26)46-30-8-3-23(19-27(30)37)20-33(42)35(10-11-35)34(43)40-25-6-4-24(36)5-7-25/h3-9,12,19,21-22,38H,2,10-11,13-18,20H2,1H3,(H,40,43). The summed E-state index contributed by atoms with van der Waals surface area (Å²) in [7, 11) is 1.56. The van der Waals surface area contributed by atoms with Crippen molar-refractivity contribution in [2.45, 2.75) is 25.7 Å². The van der Waals surface area contributed by atoms with Crippen LogP contribution in [0.2, 0.25) is 0 Å². The molecule has 0 radical (unpaired) electrons. The number of halogens is 2. The first kappa shape index (κ1) is 31.4. The van der Waals surface area contributed by atoms with E-state index in [0.717, 1.165) is 39.1 Å². The first-order valence-electron chi connectivity index (χ1n) is 15.4. The van der Waals surface area contributed by atoms with Gasteiger partial charge in [-0.15, -0.1) is 0 Å². The maximum atomic E-state index is 15.3. The van der Waals surface area contributed by atoms with Crippen LogP contribution in [0.25, 0.3) is 10.9 Å². The molecule has 6 rings (SSSR count). The molecule has 240 valence electrons. The van der Waals surface area contributed by atoms with E-state index < -0.39 is 23.0 Å². The van der Waals surface area contributed by atoms with E-state index in [0.29, 0.717) is 58.9 Å². The Labute approximate surface area is 265 Å². The molecule has 46 heavy (non-hydrogen) atoms. The number of rotatable bonds is 13. The number of pyridine rings is 1. The largest absolute Gasteiger partial charge is 0.493 e. The summed E-state index contributed by atoms with van der Waals surface area (Å²) in [6, 6.07) is 14.9. The van der Waals surface area contributed by atoms with Crippen LogP contribution in [0.4, 0.5) is 14.5 Å². The lowest BCUT2D eigenvalue weighted by molar-refractivity contribution is -0.132. The number of fused-ring (bicyclic) bond motifs is 1. The number of piperazine rings is 1. The Morgan fingerprint density at radius 1 is 0.957 bits per heavy atom. The van der Waals surface area contributed by atoms with Crippen molar-refractivity contribution in [2.75, 3.05) is 51.8 Å². The van der Waals surface area contributed by atoms with Crippen LogP contribution in [-0.4, -0.2) is 68.0 Å². The molecule has 9 nitrogen and oxygen atoms in total. The highest BCUT2D eigenvalue weighted by molar-refractivity contribution is 6.14. The summed E-state index contributed by atoms with van der Waals surface area (Å²) >= 11 is 0. The Morgan fingerprint density at radius 3 is 2.46 bits per heavy atom. The minimum atomic E-state index is -1.16. The van der Waals surface area contributed by atoms with Crippen molar-refractivity contribution < 1.29 is 32.6 Å². The number of carbonyl (C=O) groups is 2. The molecule has 1 saturated carbocycles. The Kier molecular flexibility index (Phi) is 9.41. The van der Waals surface area contributed by atoms with E-state index in [-0.39, 0.29) is 18.0 Å². The summed E-state index contributed by atoms with van der Waals surface area (Å²) in [5.74, 6) is -0.362. The Bertz CT molecular complexity index is 1720. The van der Waals surface area contributed by atoms with E-state index in [2.05, 4.69) is 20.5 Å². The molecule has 1 saturated heterocycles. The van der Waals surface area contributed by atoms with Crippen LogP contribution in [0.15, 0.2) is 66.9 Å². The minimum Gasteiger partial charge on any atom is -0.493 e. The van der Waals surface area contributed by atoms with Crippen molar-refractivity contribution in [3.8, 4) is 23.0 Å². The summed E-state index contributed by atoms with van der Waals surface area (Å²) in [5.41, 5.74) is 0.273. The van der Waals surface area contributed by atoms with Crippen molar-refractivity contribution in [1.82, 2.24) is 15.2 Å². The van der Waals surface area contributed by atoms with Crippen molar-refractivity contribution in [2.24, 2.45) is 5.41 Å². The zero-order chi connectivity index (χ0) is 32.1. The summed E-state index contributed by atoms with van der Waals surface area (Å²) in [6.07, 6.45) is 3.16. The van der Waals surface area contributed by atoms with Crippen molar-refractivity contribution >= 4 is 28.3 Å². The summed E-state index contributed by atoms with van der Waals surface area (Å²) in [5, 5.41) is 6.66. The van der Waals surface area contributed by atoms with Gasteiger partial charge >= 0.3 is 0 Å². The molecule has 2 heterocycles. The van der Waals surface area contributed by atoms with E-state index in [1.807, 2.05) is 0 Å². The molecular weight excluding hydrogens is 594 g/mol. The number of Topliss-reactive ketones (excluding diaryl/α,β-unsaturated/α-hetero) is 1. The number of benzene rings is 3. The fraction of sp³-hybridized carbons (Fsp3) is 0.343. The van der Waals surface area contributed by atoms with Gasteiger partial charge in [-0.1, -0.05) is 6.07 Å². The predicted octanol–water partition coefficient (Wildman–Crippen LogP) is 5.52. The second kappa shape index (κ2) is 13.8. The lowest BCUT2D eigenvalue weighted by Crippen LogP contribution is -2.43. The van der Waals surface area contributed by atoms with Crippen LogP contribution in [0, 0.1) is 17.0 Å². The van der Waals surface area contributed by atoms with Gasteiger partial charge < -0.3 is 29.7 Å². The minimum absolute atomic E-state index is 0.0221. The van der Waals surface area contributed by atoms with Gasteiger partial charge in [0.25, 0.3) is 0 Å². The summed E-state index contributed by atoms with van der Waals surface area (Å²) < 4.78 is 46.1. The summed E-state index contributed by atoms with van der Waals surface area (Å²) in [6.45, 7) is 5.57. The van der Waals surface area contributed by atoms with Gasteiger partial charge in [-0.2, -0.15) is 0 Å². The predicted molar refractivity (Wildman–Crippen MR) is 170 cm³/mol. The van der Waals surface area contributed by atoms with Crippen molar-refractivity contribution in [3.05, 3.63) is 84.1 Å². The number of ether oxygens (including phenoxy) is 3. The lowest BCUT2D eigenvalue weighted by atomic mass is 9.94. The number of anilines is 1. The number of hydrogen-bond donors (Lipinski definition) is 2. The molecule has 3 aromatic carbocycles. The second-order valence-corrected chi connectivity index (χ2v) is 11.6. The molecule has 1 aliphatic carbocycles. The van der Waals surface area contributed by atoms with Gasteiger partial charge in [0.05, 0.1) is 19.2 Å². The van der Waals surface area contributed by atoms with Crippen LogP contribution in [0.5, 0.6) is 23.0 Å². The second-order valence-electron chi connectivity index (χ2n) is 11.6. The molecule has 2 fully saturated rings. The van der Waals surface area contributed by atoms with Gasteiger partial charge in [0.2, 0.25) is 5.91 Å².